The number of hydrogen-bond donors (Lipinski definition) is 1. The van der Waals surface area contributed by atoms with Gasteiger partial charge in [-0.2, -0.15) is 0 Å². The highest BCUT2D eigenvalue weighted by molar-refractivity contribution is 6.00. The molecule has 2 heteroatoms. The Kier molecular flexibility index (Phi) is 3.06. The Morgan fingerprint density at radius 3 is 2.14 bits per heavy atom. The average Bonchev–Trinajstić information content (AvgIpc) is 2.15. The van der Waals surface area contributed by atoms with E-state index in [1.54, 1.807) is 12.1 Å². The molecule has 2 nitrogen and oxygen atoms in total. The number of rotatable bonds is 2. The van der Waals surface area contributed by atoms with E-state index >= 15 is 0 Å². The highest BCUT2D eigenvalue weighted by Crippen LogP contribution is 2.20. The van der Waals surface area contributed by atoms with Crippen LogP contribution in [0.4, 0.5) is 0 Å². The van der Waals surface area contributed by atoms with Gasteiger partial charge in [-0.1, -0.05) is 51.1 Å². The van der Waals surface area contributed by atoms with E-state index in [-0.39, 0.29) is 11.2 Å². The molecule has 1 aromatic carbocycles. The second kappa shape index (κ2) is 3.93. The Labute approximate surface area is 85.1 Å². The molecule has 14 heavy (non-hydrogen) atoms. The van der Waals surface area contributed by atoms with Gasteiger partial charge >= 0.3 is 0 Å². The van der Waals surface area contributed by atoms with E-state index in [0.717, 1.165) is 0 Å². The zero-order chi connectivity index (χ0) is 10.8. The average molecular weight is 191 g/mol. The Morgan fingerprint density at radius 1 is 1.21 bits per heavy atom. The molecule has 0 aliphatic rings. The third-order valence-electron chi connectivity index (χ3n) is 2.27. The number of ketones is 1. The fraction of sp³-hybridized carbons (Fsp3) is 0.417. The first kappa shape index (κ1) is 10.9. The van der Waals surface area contributed by atoms with E-state index in [0.29, 0.717) is 5.56 Å². The van der Waals surface area contributed by atoms with Gasteiger partial charge in [0.1, 0.15) is 0 Å². The first-order valence-electron chi connectivity index (χ1n) is 4.78. The summed E-state index contributed by atoms with van der Waals surface area (Å²) in [4.78, 5) is 11.9. The zero-order valence-corrected chi connectivity index (χ0v) is 8.95. The minimum Gasteiger partial charge on any atom is -0.321 e. The summed E-state index contributed by atoms with van der Waals surface area (Å²) < 4.78 is 0. The highest BCUT2D eigenvalue weighted by Gasteiger charge is 2.27. The molecule has 0 fully saturated rings. The molecule has 0 heterocycles. The van der Waals surface area contributed by atoms with Crippen molar-refractivity contribution in [2.75, 3.05) is 0 Å². The predicted molar refractivity (Wildman–Crippen MR) is 58.2 cm³/mol. The van der Waals surface area contributed by atoms with Crippen LogP contribution in [0, 0.1) is 5.41 Å². The van der Waals surface area contributed by atoms with Crippen LogP contribution in [0.15, 0.2) is 30.3 Å². The van der Waals surface area contributed by atoms with Crippen LogP contribution in [0.2, 0.25) is 0 Å². The van der Waals surface area contributed by atoms with E-state index in [1.807, 2.05) is 39.0 Å². The van der Waals surface area contributed by atoms with Crippen molar-refractivity contribution in [3.63, 3.8) is 0 Å². The minimum absolute atomic E-state index is 0.0121. The smallest absolute Gasteiger partial charge is 0.180 e. The van der Waals surface area contributed by atoms with Gasteiger partial charge in [-0.25, -0.2) is 0 Å². The lowest BCUT2D eigenvalue weighted by molar-refractivity contribution is 0.0901. The summed E-state index contributed by atoms with van der Waals surface area (Å²) in [6.07, 6.45) is 0. The van der Waals surface area contributed by atoms with Crippen molar-refractivity contribution in [2.24, 2.45) is 11.1 Å². The van der Waals surface area contributed by atoms with Crippen LogP contribution in [-0.2, 0) is 0 Å². The number of carbonyl (C=O) groups is 1. The van der Waals surface area contributed by atoms with Gasteiger partial charge in [-0.15, -0.1) is 0 Å². The predicted octanol–water partition coefficient (Wildman–Crippen LogP) is 2.24. The molecule has 0 saturated heterocycles. The molecule has 0 aliphatic heterocycles. The number of nitrogens with two attached hydrogens (primary N) is 1. The summed E-state index contributed by atoms with van der Waals surface area (Å²) in [6, 6.07) is 8.75. The Hall–Kier alpha value is -1.15. The van der Waals surface area contributed by atoms with E-state index < -0.39 is 6.04 Å². The summed E-state index contributed by atoms with van der Waals surface area (Å²) >= 11 is 0. The van der Waals surface area contributed by atoms with Crippen molar-refractivity contribution in [1.82, 2.24) is 0 Å². The van der Waals surface area contributed by atoms with Crippen molar-refractivity contribution in [2.45, 2.75) is 26.8 Å². The van der Waals surface area contributed by atoms with Crippen LogP contribution in [0.25, 0.3) is 0 Å². The summed E-state index contributed by atoms with van der Waals surface area (Å²) in [5.74, 6) is 0.0121. The Morgan fingerprint density at radius 2 is 1.71 bits per heavy atom. The van der Waals surface area contributed by atoms with Gasteiger partial charge in [0.05, 0.1) is 6.04 Å². The molecule has 0 unspecified atom stereocenters. The van der Waals surface area contributed by atoms with Gasteiger partial charge in [0.2, 0.25) is 0 Å². The molecule has 0 amide bonds. The maximum atomic E-state index is 11.9. The second-order valence-electron chi connectivity index (χ2n) is 4.57. The summed E-state index contributed by atoms with van der Waals surface area (Å²) in [7, 11) is 0. The topological polar surface area (TPSA) is 43.1 Å². The van der Waals surface area contributed by atoms with Gasteiger partial charge in [-0.05, 0) is 5.41 Å². The van der Waals surface area contributed by atoms with Crippen LogP contribution in [-0.4, -0.2) is 11.8 Å². The van der Waals surface area contributed by atoms with Crippen molar-refractivity contribution < 1.29 is 4.79 Å². The largest absolute Gasteiger partial charge is 0.321 e. The van der Waals surface area contributed by atoms with Crippen LogP contribution < -0.4 is 5.73 Å². The normalized spacial score (nSPS) is 13.7. The van der Waals surface area contributed by atoms with Crippen LogP contribution in [0.1, 0.15) is 31.1 Å². The van der Waals surface area contributed by atoms with Crippen molar-refractivity contribution in [3.05, 3.63) is 35.9 Å². The lowest BCUT2D eigenvalue weighted by Crippen LogP contribution is -2.42. The number of benzene rings is 1. The molecule has 1 rings (SSSR count). The second-order valence-corrected chi connectivity index (χ2v) is 4.57. The van der Waals surface area contributed by atoms with Gasteiger partial charge in [0.25, 0.3) is 0 Å². The monoisotopic (exact) mass is 191 g/mol. The number of Topliss-reactive ketones (excluding diaryl/α,β-unsaturated/α-hetero) is 1. The molecule has 0 aromatic heterocycles. The SMILES string of the molecule is CC(C)(C)[C@H](N)C(=O)c1ccccc1. The number of hydrogen-bond acceptors (Lipinski definition) is 2. The van der Waals surface area contributed by atoms with Crippen LogP contribution in [0.3, 0.4) is 0 Å². The van der Waals surface area contributed by atoms with Crippen molar-refractivity contribution in [1.29, 1.82) is 0 Å². The van der Waals surface area contributed by atoms with E-state index in [9.17, 15) is 4.79 Å². The highest BCUT2D eigenvalue weighted by atomic mass is 16.1. The summed E-state index contributed by atoms with van der Waals surface area (Å²) in [5.41, 5.74) is 6.38. The molecule has 1 atom stereocenters. The third-order valence-corrected chi connectivity index (χ3v) is 2.27. The Bertz CT molecular complexity index is 311. The van der Waals surface area contributed by atoms with Gasteiger partial charge in [0.15, 0.2) is 5.78 Å². The lowest BCUT2D eigenvalue weighted by Gasteiger charge is -2.25. The zero-order valence-electron chi connectivity index (χ0n) is 8.95. The third kappa shape index (κ3) is 2.42. The van der Waals surface area contributed by atoms with E-state index in [1.165, 1.54) is 0 Å². The fourth-order valence-electron chi connectivity index (χ4n) is 1.18. The molecule has 0 bridgehead atoms. The lowest BCUT2D eigenvalue weighted by atomic mass is 9.83. The minimum atomic E-state index is -0.440. The number of carbonyl (C=O) groups excluding carboxylic acids is 1. The molecular formula is C12H17NO. The molecule has 76 valence electrons. The van der Waals surface area contributed by atoms with Gasteiger partial charge in [0, 0.05) is 5.56 Å². The molecule has 0 saturated carbocycles. The van der Waals surface area contributed by atoms with Crippen molar-refractivity contribution >= 4 is 5.78 Å². The van der Waals surface area contributed by atoms with Crippen LogP contribution >= 0.6 is 0 Å². The molecule has 1 aromatic rings. The standard InChI is InChI=1S/C12H17NO/c1-12(2,3)11(13)10(14)9-7-5-4-6-8-9/h4-8,11H,13H2,1-3H3/t11-/m1/s1. The molecule has 0 radical (unpaired) electrons. The first-order chi connectivity index (χ1) is 6.43. The maximum Gasteiger partial charge on any atom is 0.180 e. The van der Waals surface area contributed by atoms with Gasteiger partial charge in [-0.3, -0.25) is 4.79 Å². The van der Waals surface area contributed by atoms with E-state index in [4.69, 9.17) is 5.73 Å². The molecule has 0 aliphatic carbocycles. The van der Waals surface area contributed by atoms with Gasteiger partial charge < -0.3 is 5.73 Å². The van der Waals surface area contributed by atoms with E-state index in [2.05, 4.69) is 0 Å². The first-order valence-corrected chi connectivity index (χ1v) is 4.78. The molecule has 0 spiro atoms. The maximum absolute atomic E-state index is 11.9. The van der Waals surface area contributed by atoms with Crippen molar-refractivity contribution in [3.8, 4) is 0 Å². The fourth-order valence-corrected chi connectivity index (χ4v) is 1.18. The summed E-state index contributed by atoms with van der Waals surface area (Å²) in [6.45, 7) is 5.91. The summed E-state index contributed by atoms with van der Waals surface area (Å²) in [5, 5.41) is 0. The quantitative estimate of drug-likeness (QED) is 0.728. The molecular weight excluding hydrogens is 174 g/mol. The molecule has 2 N–H and O–H groups in total. The van der Waals surface area contributed by atoms with Crippen LogP contribution in [0.5, 0.6) is 0 Å². The Balaban J connectivity index is 2.87.